The van der Waals surface area contributed by atoms with Crippen molar-refractivity contribution in [1.82, 2.24) is 9.97 Å². The fraction of sp³-hybridized carbons (Fsp3) is 0.0357. The van der Waals surface area contributed by atoms with Crippen molar-refractivity contribution in [3.05, 3.63) is 101 Å². The number of halogens is 1. The van der Waals surface area contributed by atoms with Crippen molar-refractivity contribution < 1.29 is 9.18 Å². The lowest BCUT2D eigenvalue weighted by Gasteiger charge is -2.10. The number of hydrogen-bond donors (Lipinski definition) is 3. The van der Waals surface area contributed by atoms with Crippen LogP contribution in [0, 0.1) is 24.6 Å². The van der Waals surface area contributed by atoms with Crippen molar-refractivity contribution in [1.29, 1.82) is 0 Å². The monoisotopic (exact) mass is 493 g/mol. The summed E-state index contributed by atoms with van der Waals surface area (Å²) in [5.41, 5.74) is 11.3. The Hall–Kier alpha value is -4.74. The second kappa shape index (κ2) is 9.86. The van der Waals surface area contributed by atoms with E-state index in [1.165, 1.54) is 6.07 Å². The van der Waals surface area contributed by atoms with Crippen molar-refractivity contribution in [3.8, 4) is 23.0 Å². The van der Waals surface area contributed by atoms with Crippen LogP contribution in [0.15, 0.2) is 78.6 Å². The van der Waals surface area contributed by atoms with Crippen LogP contribution in [0.5, 0.6) is 0 Å². The van der Waals surface area contributed by atoms with E-state index in [1.807, 2.05) is 36.6 Å². The maximum absolute atomic E-state index is 13.9. The second-order valence-corrected chi connectivity index (χ2v) is 8.92. The molecule has 0 fully saturated rings. The highest BCUT2D eigenvalue weighted by Crippen LogP contribution is 2.38. The number of aryl methyl sites for hydroxylation is 1. The van der Waals surface area contributed by atoms with Gasteiger partial charge in [-0.2, -0.15) is 0 Å². The Bertz CT molecular complexity index is 1640. The zero-order valence-corrected chi connectivity index (χ0v) is 20.0. The zero-order chi connectivity index (χ0) is 25.1. The van der Waals surface area contributed by atoms with Crippen molar-refractivity contribution in [2.45, 2.75) is 6.92 Å². The number of nitrogen functional groups attached to an aromatic ring is 1. The smallest absolute Gasteiger partial charge is 0.323 e. The molecule has 4 N–H and O–H groups in total. The van der Waals surface area contributed by atoms with E-state index in [0.717, 1.165) is 37.9 Å². The Morgan fingerprint density at radius 1 is 1.03 bits per heavy atom. The van der Waals surface area contributed by atoms with Crippen LogP contribution in [0.3, 0.4) is 0 Å². The normalized spacial score (nSPS) is 10.5. The summed E-state index contributed by atoms with van der Waals surface area (Å²) >= 11 is 1.55. The molecule has 0 unspecified atom stereocenters. The highest BCUT2D eigenvalue weighted by atomic mass is 32.1. The lowest BCUT2D eigenvalue weighted by atomic mass is 10.0. The number of aromatic nitrogens is 2. The van der Waals surface area contributed by atoms with E-state index in [9.17, 15) is 9.18 Å². The van der Waals surface area contributed by atoms with Crippen LogP contribution < -0.4 is 16.4 Å². The molecular formula is C28H20FN5OS. The summed E-state index contributed by atoms with van der Waals surface area (Å²) in [4.78, 5) is 20.7. The fourth-order valence-corrected chi connectivity index (χ4v) is 4.75. The summed E-state index contributed by atoms with van der Waals surface area (Å²) in [5.74, 6) is 6.26. The van der Waals surface area contributed by atoms with Gasteiger partial charge in [0.15, 0.2) is 0 Å². The van der Waals surface area contributed by atoms with Gasteiger partial charge in [0.2, 0.25) is 0 Å². The molecule has 5 rings (SSSR count). The molecule has 6 nitrogen and oxygen atoms in total. The van der Waals surface area contributed by atoms with E-state index in [4.69, 9.17) is 5.73 Å². The van der Waals surface area contributed by atoms with E-state index in [1.54, 1.807) is 54.2 Å². The van der Waals surface area contributed by atoms with Crippen molar-refractivity contribution in [2.24, 2.45) is 0 Å². The Kier molecular flexibility index (Phi) is 6.31. The highest BCUT2D eigenvalue weighted by molar-refractivity contribution is 7.18. The number of thiophene rings is 1. The van der Waals surface area contributed by atoms with E-state index >= 15 is 0 Å². The molecule has 2 amide bonds. The number of anilines is 3. The number of urea groups is 1. The maximum Gasteiger partial charge on any atom is 0.323 e. The first kappa shape index (κ1) is 23.0. The number of carbonyl (C=O) groups is 1. The number of fused-ring (bicyclic) bond motifs is 1. The second-order valence-electron chi connectivity index (χ2n) is 8.04. The van der Waals surface area contributed by atoms with Crippen LogP contribution in [0.4, 0.5) is 26.4 Å². The third-order valence-electron chi connectivity index (χ3n) is 5.47. The maximum atomic E-state index is 13.9. The van der Waals surface area contributed by atoms with Gasteiger partial charge in [-0.3, -0.25) is 4.98 Å². The molecule has 0 atom stereocenters. The number of pyridine rings is 2. The number of nitrogens with one attached hydrogen (secondary N) is 2. The van der Waals surface area contributed by atoms with Crippen LogP contribution in [0.25, 0.3) is 21.2 Å². The lowest BCUT2D eigenvalue weighted by Crippen LogP contribution is -2.20. The molecule has 0 bridgehead atoms. The van der Waals surface area contributed by atoms with Gasteiger partial charge in [-0.15, -0.1) is 11.3 Å². The number of carbonyl (C=O) groups excluding carboxylic acids is 1. The summed E-state index contributed by atoms with van der Waals surface area (Å²) in [7, 11) is 0. The summed E-state index contributed by atoms with van der Waals surface area (Å²) in [6, 6.07) is 15.0. The van der Waals surface area contributed by atoms with Gasteiger partial charge in [-0.05, 0) is 59.8 Å². The van der Waals surface area contributed by atoms with E-state index in [2.05, 4.69) is 32.4 Å². The molecule has 0 aliphatic heterocycles. The van der Waals surface area contributed by atoms with Crippen molar-refractivity contribution in [2.75, 3.05) is 16.4 Å². The lowest BCUT2D eigenvalue weighted by molar-refractivity contribution is 0.262. The summed E-state index contributed by atoms with van der Waals surface area (Å²) in [5, 5.41) is 8.13. The number of nitrogens with two attached hydrogens (primary N) is 1. The average Bonchev–Trinajstić information content (AvgIpc) is 3.33. The Morgan fingerprint density at radius 2 is 1.81 bits per heavy atom. The molecular weight excluding hydrogens is 473 g/mol. The Balaban J connectivity index is 1.38. The number of hydrogen-bond acceptors (Lipinski definition) is 5. The van der Waals surface area contributed by atoms with Crippen molar-refractivity contribution in [3.63, 3.8) is 0 Å². The van der Waals surface area contributed by atoms with Gasteiger partial charge in [0, 0.05) is 40.8 Å². The Labute approximate surface area is 211 Å². The van der Waals surface area contributed by atoms with Gasteiger partial charge in [0.05, 0.1) is 16.0 Å². The minimum Gasteiger partial charge on any atom is -0.383 e. The predicted octanol–water partition coefficient (Wildman–Crippen LogP) is 6.43. The van der Waals surface area contributed by atoms with Gasteiger partial charge >= 0.3 is 6.03 Å². The zero-order valence-electron chi connectivity index (χ0n) is 19.2. The first-order valence-corrected chi connectivity index (χ1v) is 11.9. The van der Waals surface area contributed by atoms with Gasteiger partial charge in [-0.25, -0.2) is 14.2 Å². The Morgan fingerprint density at radius 3 is 2.58 bits per heavy atom. The number of amides is 2. The van der Waals surface area contributed by atoms with Crippen LogP contribution in [0.1, 0.15) is 16.7 Å². The van der Waals surface area contributed by atoms with Crippen molar-refractivity contribution >= 4 is 44.6 Å². The average molecular weight is 494 g/mol. The first-order valence-electron chi connectivity index (χ1n) is 11.0. The SMILES string of the molecule is Cc1ccc(F)c(NC(=O)Nc2ccc(-c3csc4c(C#Cc5ccncc5)cnc(N)c34)cc2)c1. The minimum atomic E-state index is -0.529. The van der Waals surface area contributed by atoms with Crippen LogP contribution in [-0.2, 0) is 0 Å². The topological polar surface area (TPSA) is 92.9 Å². The molecule has 5 aromatic rings. The van der Waals surface area contributed by atoms with E-state index in [-0.39, 0.29) is 5.69 Å². The van der Waals surface area contributed by atoms with Gasteiger partial charge in [-0.1, -0.05) is 30.0 Å². The molecule has 0 spiro atoms. The summed E-state index contributed by atoms with van der Waals surface area (Å²) in [6.07, 6.45) is 5.09. The predicted molar refractivity (Wildman–Crippen MR) is 143 cm³/mol. The quantitative estimate of drug-likeness (QED) is 0.253. The molecule has 0 radical (unpaired) electrons. The number of benzene rings is 2. The van der Waals surface area contributed by atoms with Crippen LogP contribution >= 0.6 is 11.3 Å². The summed E-state index contributed by atoms with van der Waals surface area (Å²) in [6.45, 7) is 1.83. The van der Waals surface area contributed by atoms with E-state index in [0.29, 0.717) is 11.5 Å². The fourth-order valence-electron chi connectivity index (χ4n) is 3.70. The van der Waals surface area contributed by atoms with Gasteiger partial charge in [0.1, 0.15) is 11.6 Å². The first-order chi connectivity index (χ1) is 17.5. The van der Waals surface area contributed by atoms with E-state index < -0.39 is 11.8 Å². The molecule has 36 heavy (non-hydrogen) atoms. The molecule has 2 aromatic carbocycles. The minimum absolute atomic E-state index is 0.125. The van der Waals surface area contributed by atoms with Crippen LogP contribution in [0.2, 0.25) is 0 Å². The molecule has 0 aliphatic carbocycles. The number of rotatable bonds is 3. The molecule has 3 aromatic heterocycles. The number of nitrogens with zero attached hydrogens (tertiary/aromatic N) is 2. The molecule has 0 saturated heterocycles. The van der Waals surface area contributed by atoms with Crippen LogP contribution in [-0.4, -0.2) is 16.0 Å². The van der Waals surface area contributed by atoms with Gasteiger partial charge < -0.3 is 16.4 Å². The standard InChI is InChI=1S/C28H20FN5OS/c1-17-2-9-23(29)24(14-17)34-28(35)33-21-7-5-19(6-8-21)22-16-36-26-20(15-32-27(30)25(22)26)4-3-18-10-12-31-13-11-18/h2,5-16H,1H3,(H2,30,32)(H2,33,34,35). The molecule has 0 aliphatic rings. The third kappa shape index (κ3) is 4.87. The highest BCUT2D eigenvalue weighted by Gasteiger charge is 2.14. The van der Waals surface area contributed by atoms with Gasteiger partial charge in [0.25, 0.3) is 0 Å². The molecule has 8 heteroatoms. The molecule has 3 heterocycles. The third-order valence-corrected chi connectivity index (χ3v) is 6.48. The molecule has 176 valence electrons. The molecule has 0 saturated carbocycles. The summed E-state index contributed by atoms with van der Waals surface area (Å²) < 4.78 is 14.9. The largest absolute Gasteiger partial charge is 0.383 e.